The molecule has 50 heteroatoms. The van der Waals surface area contributed by atoms with Gasteiger partial charge in [0.15, 0.2) is 52.8 Å². The number of rotatable bonds is 11. The van der Waals surface area contributed by atoms with Crippen LogP contribution in [0.2, 0.25) is 0 Å². The summed E-state index contributed by atoms with van der Waals surface area (Å²) in [6.07, 6.45) is 1.56. The third kappa shape index (κ3) is 14.5. The van der Waals surface area contributed by atoms with E-state index in [1.54, 1.807) is 182 Å². The van der Waals surface area contributed by atoms with Crippen molar-refractivity contribution in [2.75, 3.05) is 0 Å². The fourth-order valence-corrected chi connectivity index (χ4v) is 23.8. The summed E-state index contributed by atoms with van der Waals surface area (Å²) in [5, 5.41) is 68.2. The molecule has 12 aliphatic heterocycles. The summed E-state index contributed by atoms with van der Waals surface area (Å²) in [7, 11) is 0. The molecule has 0 N–H and O–H groups in total. The number of hydrogen-bond donors (Lipinski definition) is 0. The Bertz CT molecular complexity index is 7250. The van der Waals surface area contributed by atoms with Gasteiger partial charge in [-0.25, -0.2) is 21.3 Å². The van der Waals surface area contributed by atoms with E-state index in [4.69, 9.17) is 111 Å². The molecular formula is C77H26N38S12. The Morgan fingerprint density at radius 3 is 1.13 bits per heavy atom. The Kier molecular flexibility index (Phi) is 19.9. The van der Waals surface area contributed by atoms with Crippen molar-refractivity contribution in [3.05, 3.63) is 205 Å². The Morgan fingerprint density at radius 1 is 0.315 bits per heavy atom. The van der Waals surface area contributed by atoms with E-state index in [1.165, 1.54) is 62.4 Å². The summed E-state index contributed by atoms with van der Waals surface area (Å²) < 4.78 is 6.16. The van der Waals surface area contributed by atoms with Crippen LogP contribution in [0.1, 0.15) is 29.3 Å². The largest absolute Gasteiger partial charge is 0.394 e. The summed E-state index contributed by atoms with van der Waals surface area (Å²) in [6.45, 7) is 21.0. The Balaban J connectivity index is 0.000000107. The Labute approximate surface area is 758 Å². The highest BCUT2D eigenvalue weighted by Gasteiger charge is 2.44. The average Bonchev–Trinajstić information content (AvgIpc) is 1.38. The van der Waals surface area contributed by atoms with E-state index in [2.05, 4.69) is 216 Å². The molecule has 12 aliphatic rings. The van der Waals surface area contributed by atoms with Crippen LogP contribution in [0, 0.1) is 93.7 Å². The number of hydrogen-bond acceptors (Lipinski definition) is 47. The first kappa shape index (κ1) is 78.0. The maximum Gasteiger partial charge on any atom is 0.378 e. The molecule has 127 heavy (non-hydrogen) atoms. The first-order chi connectivity index (χ1) is 62.3. The van der Waals surface area contributed by atoms with E-state index >= 15 is 0 Å². The zero-order valence-corrected chi connectivity index (χ0v) is 72.2. The van der Waals surface area contributed by atoms with Gasteiger partial charge in [0, 0.05) is 53.4 Å². The highest BCUT2D eigenvalue weighted by molar-refractivity contribution is 7.38. The molecule has 0 saturated carbocycles. The van der Waals surface area contributed by atoms with E-state index < -0.39 is 12.0 Å². The standard InChI is InChI=1S/C30H15N7S6.C24H9N7S6.C14H2N14.C9N10/c1-4-16(38-13-1)19-7-10-22(41-19)25-31-28-33-26(23-11-8-20(42-23)17-5-2-14-39-17)35-30-36-27(34-29(32-25)37(28)30)24-12-9-21(43-24)18-6-3-15-40-18;1-4-34-21-10(1)7-15(37-21)18-25-22-27-19(16-8-13-11(35-16)2-5-32-13)29-24-30-20(28-23(26-18)31(22)24)17-9-14-12(36-17)3-6-33-14;1-19-8(5-17)10-23-12-21-9(7(3-15)4-16)22-13-25-11(27(6-18)20-2)26-14(24-10)28(12)13;1-12-6-17-8-15-4(2-10)13-7-14-5(3-11)16-9(18-6)19(7)8/h1-15H;1-9H;7-8H;. The van der Waals surface area contributed by atoms with E-state index in [1.807, 2.05) is 0 Å². The van der Waals surface area contributed by atoms with Crippen LogP contribution in [0.5, 0.6) is 0 Å². The van der Waals surface area contributed by atoms with Gasteiger partial charge in [0.05, 0.1) is 50.4 Å². The lowest BCUT2D eigenvalue weighted by Crippen LogP contribution is -2.50. The molecule has 1 unspecified atom stereocenters. The summed E-state index contributed by atoms with van der Waals surface area (Å²) >= 11 is 20.4. The molecule has 596 valence electrons. The van der Waals surface area contributed by atoms with Gasteiger partial charge in [-0.3, -0.25) is 4.85 Å². The lowest BCUT2D eigenvalue weighted by molar-refractivity contribution is 0.737. The Hall–Kier alpha value is -16.3. The second kappa shape index (κ2) is 32.5. The number of thiophene rings is 12. The summed E-state index contributed by atoms with van der Waals surface area (Å²) in [5.41, 5.74) is 0. The Morgan fingerprint density at radius 2 is 0.717 bits per heavy atom. The van der Waals surface area contributed by atoms with Crippen molar-refractivity contribution in [3.8, 4) is 65.8 Å². The molecule has 0 amide bonds. The van der Waals surface area contributed by atoms with Crippen LogP contribution in [-0.4, -0.2) is 172 Å². The quantitative estimate of drug-likeness (QED) is 0.0507. The third-order valence-corrected chi connectivity index (χ3v) is 30.7. The molecule has 0 saturated heterocycles. The van der Waals surface area contributed by atoms with Gasteiger partial charge in [-0.15, -0.1) is 158 Å². The van der Waals surface area contributed by atoms with E-state index in [0.717, 1.165) is 34.2 Å². The highest BCUT2D eigenvalue weighted by atomic mass is 32.2. The topological polar surface area (TPSA) is 469 Å². The van der Waals surface area contributed by atoms with E-state index in [-0.39, 0.29) is 71.0 Å². The molecule has 12 aromatic rings. The SMILES string of the molecule is [C-]#[N+]C(C#N)C1=NC2=NC(C(C#N)C#N)=NC3=NC(N(C#N)[N+]#[C-])=NC(=N1)N23.[C-]#[N+]C1=NC2=NC(C#N)=NC3=NC(C#N)=NC(=N1)N32.c1cc2sc(C3=NC4=NC(c5cc6sccc6s5)=NC5=NC(c6cc7ccsc7s6)=NC(=N3)N45)cc2s1.c1csc(-c2ccc(C3=NC4=NC(c5ccc(-c6cccs6)s5)=NC5=NC(c6ccc(-c7cccs7)s6)=NC(=N3)N45)s2)c1. The van der Waals surface area contributed by atoms with Crippen LogP contribution in [0.25, 0.3) is 72.1 Å². The second-order valence-electron chi connectivity index (χ2n) is 25.4. The molecule has 38 nitrogen and oxygen atoms in total. The fourth-order valence-electron chi connectivity index (χ4n) is 12.4. The molecule has 0 fully saturated rings. The van der Waals surface area contributed by atoms with Crippen molar-refractivity contribution in [2.45, 2.75) is 6.04 Å². The van der Waals surface area contributed by atoms with Crippen molar-refractivity contribution in [2.24, 2.45) is 126 Å². The van der Waals surface area contributed by atoms with Gasteiger partial charge in [0.1, 0.15) is 12.1 Å². The lowest BCUT2D eigenvalue weighted by Gasteiger charge is -2.29. The van der Waals surface area contributed by atoms with Crippen molar-refractivity contribution in [3.63, 3.8) is 0 Å². The summed E-state index contributed by atoms with van der Waals surface area (Å²) in [4.78, 5) is 134. The number of fused-ring (bicyclic) bond motifs is 3. The molecule has 0 aromatic carbocycles. The van der Waals surface area contributed by atoms with Crippen molar-refractivity contribution in [1.29, 1.82) is 31.6 Å². The van der Waals surface area contributed by atoms with Crippen LogP contribution < -0.4 is 0 Å². The molecule has 0 spiro atoms. The number of aliphatic imine (C=N–C) groups is 24. The minimum absolute atomic E-state index is 0.0274. The van der Waals surface area contributed by atoms with Gasteiger partial charge in [-0.05, 0) is 123 Å². The van der Waals surface area contributed by atoms with E-state index in [9.17, 15) is 0 Å². The highest BCUT2D eigenvalue weighted by Crippen LogP contribution is 2.41. The van der Waals surface area contributed by atoms with Gasteiger partial charge in [-0.1, -0.05) is 18.2 Å². The lowest BCUT2D eigenvalue weighted by atomic mass is 10.2. The van der Waals surface area contributed by atoms with Crippen LogP contribution in [0.3, 0.4) is 0 Å². The molecule has 0 radical (unpaired) electrons. The monoisotopic (exact) mass is 1870 g/mol. The molecule has 1 atom stereocenters. The normalized spacial score (nSPS) is 16.9. The first-order valence-corrected chi connectivity index (χ1v) is 46.0. The van der Waals surface area contributed by atoms with Crippen molar-refractivity contribution >= 4 is 306 Å². The summed E-state index contributed by atoms with van der Waals surface area (Å²) in [5.74, 6) is 3.33. The van der Waals surface area contributed by atoms with Crippen molar-refractivity contribution in [1.82, 2.24) is 24.6 Å². The predicted octanol–water partition coefficient (Wildman–Crippen LogP) is 15.8. The van der Waals surface area contributed by atoms with Gasteiger partial charge in [-0.2, -0.15) is 153 Å². The van der Waals surface area contributed by atoms with Crippen LogP contribution in [-0.2, 0) is 0 Å². The average molecular weight is 1870 g/mol. The molecule has 0 bridgehead atoms. The van der Waals surface area contributed by atoms with Gasteiger partial charge in [0.2, 0.25) is 77.1 Å². The molecule has 0 aliphatic carbocycles. The zero-order chi connectivity index (χ0) is 86.1. The number of amidine groups is 10. The molecule has 12 aromatic heterocycles. The number of nitrogens with zero attached hydrogens (tertiary/aromatic N) is 38. The molecule has 24 heterocycles. The fraction of sp³-hybridized carbons (Fsp3) is 0.0260. The molecule has 24 rings (SSSR count). The smallest absolute Gasteiger partial charge is 0.378 e. The van der Waals surface area contributed by atoms with E-state index in [0.29, 0.717) is 75.8 Å². The van der Waals surface area contributed by atoms with Crippen LogP contribution >= 0.6 is 136 Å². The van der Waals surface area contributed by atoms with Gasteiger partial charge >= 0.3 is 29.9 Å². The summed E-state index contributed by atoms with van der Waals surface area (Å²) in [6, 6.07) is 45.2. The number of nitriles is 6. The number of guanidine groups is 14. The third-order valence-electron chi connectivity index (χ3n) is 17.9. The van der Waals surface area contributed by atoms with Gasteiger partial charge < -0.3 is 4.85 Å². The zero-order valence-electron chi connectivity index (χ0n) is 62.4. The first-order valence-electron chi connectivity index (χ1n) is 35.8. The predicted molar refractivity (Wildman–Crippen MR) is 505 cm³/mol. The van der Waals surface area contributed by atoms with Crippen LogP contribution in [0.15, 0.2) is 261 Å². The van der Waals surface area contributed by atoms with Crippen molar-refractivity contribution < 1.29 is 0 Å². The van der Waals surface area contributed by atoms with Gasteiger partial charge in [0.25, 0.3) is 6.19 Å². The molecular weight excluding hydrogens is 1840 g/mol. The minimum Gasteiger partial charge on any atom is -0.394 e. The maximum absolute atomic E-state index is 9.10. The second-order valence-corrected chi connectivity index (χ2v) is 37.8. The minimum atomic E-state index is -1.36. The van der Waals surface area contributed by atoms with Crippen LogP contribution in [0.4, 0.5) is 0 Å². The maximum atomic E-state index is 9.10.